The van der Waals surface area contributed by atoms with Crippen LogP contribution in [-0.4, -0.2) is 42.2 Å². The average Bonchev–Trinajstić information content (AvgIpc) is 2.90. The number of methoxy groups -OCH3 is 1. The molecule has 0 saturated heterocycles. The third-order valence-corrected chi connectivity index (χ3v) is 5.58. The molecule has 0 fully saturated rings. The standard InChI is InChI=1S/C30H31N3O5/c1-18(2)16-37-22-10-12-24(26(34)14-22)29-31-28(20-6-8-21(36-5)9-7-20)32-30(33-29)25-13-11-23(15-27(25)35)38-17-19(3)4/h6-15,29,34-35H,1,3,16-17H2,2,4-5H3,(H,31,32,33). The Labute approximate surface area is 222 Å². The summed E-state index contributed by atoms with van der Waals surface area (Å²) in [5.41, 5.74) is 3.46. The van der Waals surface area contributed by atoms with Crippen molar-refractivity contribution in [3.8, 4) is 28.7 Å². The van der Waals surface area contributed by atoms with Gasteiger partial charge in [0.05, 0.1) is 12.7 Å². The van der Waals surface area contributed by atoms with E-state index in [-0.39, 0.29) is 11.5 Å². The van der Waals surface area contributed by atoms with E-state index >= 15 is 0 Å². The van der Waals surface area contributed by atoms with E-state index in [1.54, 1.807) is 31.4 Å². The highest BCUT2D eigenvalue weighted by molar-refractivity contribution is 6.16. The van der Waals surface area contributed by atoms with Crippen LogP contribution in [0.5, 0.6) is 28.7 Å². The summed E-state index contributed by atoms with van der Waals surface area (Å²) in [7, 11) is 1.60. The minimum atomic E-state index is -0.780. The Kier molecular flexibility index (Phi) is 8.01. The predicted octanol–water partition coefficient (Wildman–Crippen LogP) is 5.51. The maximum absolute atomic E-state index is 10.8. The Morgan fingerprint density at radius 1 is 0.789 bits per heavy atom. The zero-order valence-electron chi connectivity index (χ0n) is 21.7. The summed E-state index contributed by atoms with van der Waals surface area (Å²) in [5, 5.41) is 24.9. The van der Waals surface area contributed by atoms with Crippen LogP contribution >= 0.6 is 0 Å². The van der Waals surface area contributed by atoms with Crippen molar-refractivity contribution in [1.82, 2.24) is 5.32 Å². The summed E-state index contributed by atoms with van der Waals surface area (Å²) in [6.07, 6.45) is -0.780. The van der Waals surface area contributed by atoms with Crippen LogP contribution in [0, 0.1) is 0 Å². The number of nitrogens with one attached hydrogen (secondary N) is 1. The number of amidine groups is 2. The lowest BCUT2D eigenvalue weighted by atomic mass is 10.1. The average molecular weight is 514 g/mol. The maximum atomic E-state index is 10.8. The summed E-state index contributed by atoms with van der Waals surface area (Å²) >= 11 is 0. The molecule has 8 nitrogen and oxygen atoms in total. The van der Waals surface area contributed by atoms with Crippen LogP contribution in [0.4, 0.5) is 0 Å². The molecule has 196 valence electrons. The normalized spacial score (nSPS) is 14.6. The van der Waals surface area contributed by atoms with Crippen LogP contribution in [0.1, 0.15) is 36.7 Å². The van der Waals surface area contributed by atoms with Gasteiger partial charge in [0, 0.05) is 23.3 Å². The third kappa shape index (κ3) is 6.34. The fourth-order valence-electron chi connectivity index (χ4n) is 3.67. The molecule has 0 bridgehead atoms. The highest BCUT2D eigenvalue weighted by Gasteiger charge is 2.24. The monoisotopic (exact) mass is 513 g/mol. The maximum Gasteiger partial charge on any atom is 0.173 e. The number of phenols is 2. The van der Waals surface area contributed by atoms with Crippen LogP contribution in [0.2, 0.25) is 0 Å². The number of nitrogens with zero attached hydrogens (tertiary/aromatic N) is 2. The Morgan fingerprint density at radius 2 is 1.34 bits per heavy atom. The molecule has 0 aromatic heterocycles. The summed E-state index contributed by atoms with van der Waals surface area (Å²) in [6.45, 7) is 12.1. The second-order valence-electron chi connectivity index (χ2n) is 9.07. The summed E-state index contributed by atoms with van der Waals surface area (Å²) in [6, 6.07) is 17.4. The molecule has 1 unspecified atom stereocenters. The van der Waals surface area contributed by atoms with E-state index in [1.807, 2.05) is 38.1 Å². The third-order valence-electron chi connectivity index (χ3n) is 5.58. The van der Waals surface area contributed by atoms with Gasteiger partial charge in [0.15, 0.2) is 6.17 Å². The first kappa shape index (κ1) is 26.3. The second kappa shape index (κ2) is 11.6. The molecule has 1 aliphatic rings. The number of aromatic hydroxyl groups is 2. The van der Waals surface area contributed by atoms with E-state index in [9.17, 15) is 10.2 Å². The molecule has 0 saturated carbocycles. The zero-order chi connectivity index (χ0) is 27.2. The van der Waals surface area contributed by atoms with Gasteiger partial charge in [-0.2, -0.15) is 0 Å². The van der Waals surface area contributed by atoms with Crippen LogP contribution in [0.25, 0.3) is 0 Å². The van der Waals surface area contributed by atoms with E-state index < -0.39 is 6.17 Å². The lowest BCUT2D eigenvalue weighted by Crippen LogP contribution is -2.36. The van der Waals surface area contributed by atoms with E-state index in [0.29, 0.717) is 53.3 Å². The van der Waals surface area contributed by atoms with Gasteiger partial charge in [0.2, 0.25) is 0 Å². The first-order valence-electron chi connectivity index (χ1n) is 12.0. The number of rotatable bonds is 10. The molecule has 1 atom stereocenters. The van der Waals surface area contributed by atoms with Crippen molar-refractivity contribution in [1.29, 1.82) is 0 Å². The van der Waals surface area contributed by atoms with Gasteiger partial charge in [-0.3, -0.25) is 0 Å². The van der Waals surface area contributed by atoms with Crippen LogP contribution in [0.3, 0.4) is 0 Å². The number of hydrogen-bond acceptors (Lipinski definition) is 8. The van der Waals surface area contributed by atoms with Gasteiger partial charge < -0.3 is 29.7 Å². The summed E-state index contributed by atoms with van der Waals surface area (Å²) in [5.74, 6) is 2.61. The van der Waals surface area contributed by atoms with Gasteiger partial charge in [-0.05, 0) is 73.5 Å². The highest BCUT2D eigenvalue weighted by Crippen LogP contribution is 2.35. The van der Waals surface area contributed by atoms with Crippen LogP contribution in [-0.2, 0) is 0 Å². The lowest BCUT2D eigenvalue weighted by Gasteiger charge is -2.23. The molecule has 3 aromatic rings. The number of phenolic OH excluding ortho intramolecular Hbond substituents is 2. The van der Waals surface area contributed by atoms with Crippen molar-refractivity contribution >= 4 is 11.7 Å². The van der Waals surface area contributed by atoms with E-state index in [4.69, 9.17) is 24.2 Å². The van der Waals surface area contributed by atoms with Gasteiger partial charge in [-0.15, -0.1) is 0 Å². The molecule has 38 heavy (non-hydrogen) atoms. The van der Waals surface area contributed by atoms with Gasteiger partial charge in [-0.1, -0.05) is 13.2 Å². The van der Waals surface area contributed by atoms with E-state index in [0.717, 1.165) is 16.7 Å². The number of hydrogen-bond donors (Lipinski definition) is 3. The molecule has 1 aliphatic heterocycles. The minimum absolute atomic E-state index is 0.00943. The molecule has 0 amide bonds. The van der Waals surface area contributed by atoms with Crippen molar-refractivity contribution in [2.75, 3.05) is 20.3 Å². The molecule has 1 heterocycles. The molecular formula is C30H31N3O5. The number of benzene rings is 3. The zero-order valence-corrected chi connectivity index (χ0v) is 21.7. The van der Waals surface area contributed by atoms with Crippen molar-refractivity contribution in [2.24, 2.45) is 9.98 Å². The Bertz CT molecular complexity index is 1410. The van der Waals surface area contributed by atoms with Gasteiger partial charge in [0.25, 0.3) is 0 Å². The number of ether oxygens (including phenoxy) is 3. The van der Waals surface area contributed by atoms with Crippen molar-refractivity contribution < 1.29 is 24.4 Å². The molecule has 4 rings (SSSR count). The first-order chi connectivity index (χ1) is 18.2. The largest absolute Gasteiger partial charge is 0.507 e. The molecule has 3 aromatic carbocycles. The predicted molar refractivity (Wildman–Crippen MR) is 149 cm³/mol. The van der Waals surface area contributed by atoms with Crippen molar-refractivity contribution in [2.45, 2.75) is 20.0 Å². The van der Waals surface area contributed by atoms with Crippen LogP contribution < -0.4 is 19.5 Å². The fourth-order valence-corrected chi connectivity index (χ4v) is 3.67. The van der Waals surface area contributed by atoms with E-state index in [1.165, 1.54) is 12.1 Å². The fraction of sp³-hybridized carbons (Fsp3) is 0.200. The molecule has 3 N–H and O–H groups in total. The Hall–Kier alpha value is -4.72. The smallest absolute Gasteiger partial charge is 0.173 e. The molecule has 8 heteroatoms. The topological polar surface area (TPSA) is 105 Å². The summed E-state index contributed by atoms with van der Waals surface area (Å²) < 4.78 is 16.6. The van der Waals surface area contributed by atoms with Gasteiger partial charge in [-0.25, -0.2) is 9.98 Å². The Morgan fingerprint density at radius 3 is 1.89 bits per heavy atom. The highest BCUT2D eigenvalue weighted by atomic mass is 16.5. The van der Waals surface area contributed by atoms with Gasteiger partial charge in [0.1, 0.15) is 53.6 Å². The SMILES string of the molecule is C=C(C)COc1ccc(C2=NC(c3ccc(OCC(=C)C)cc3O)N=C(c3ccc(OC)cc3)N2)c(O)c1. The molecule has 0 radical (unpaired) electrons. The second-order valence-corrected chi connectivity index (χ2v) is 9.07. The summed E-state index contributed by atoms with van der Waals surface area (Å²) in [4.78, 5) is 9.49. The quantitative estimate of drug-likeness (QED) is 0.309. The van der Waals surface area contributed by atoms with Crippen LogP contribution in [0.15, 0.2) is 95.0 Å². The molecular weight excluding hydrogens is 482 g/mol. The molecule has 0 aliphatic carbocycles. The van der Waals surface area contributed by atoms with Crippen molar-refractivity contribution in [3.63, 3.8) is 0 Å². The first-order valence-corrected chi connectivity index (χ1v) is 12.0. The number of aliphatic imine (C=N–C) groups is 2. The van der Waals surface area contributed by atoms with Crippen molar-refractivity contribution in [3.05, 3.63) is 102 Å². The van der Waals surface area contributed by atoms with Gasteiger partial charge >= 0.3 is 0 Å². The lowest BCUT2D eigenvalue weighted by molar-refractivity contribution is 0.349. The minimum Gasteiger partial charge on any atom is -0.507 e. The Balaban J connectivity index is 1.71. The molecule has 0 spiro atoms. The van der Waals surface area contributed by atoms with E-state index in [2.05, 4.69) is 18.5 Å².